The Hall–Kier alpha value is -7.13. The molecule has 5 rings (SSSR count). The lowest BCUT2D eigenvalue weighted by Crippen LogP contribution is -2.50. The van der Waals surface area contributed by atoms with Crippen molar-refractivity contribution in [2.75, 3.05) is 28.8 Å². The van der Waals surface area contributed by atoms with Gasteiger partial charge in [0, 0.05) is 58.6 Å². The van der Waals surface area contributed by atoms with E-state index in [-0.39, 0.29) is 11.1 Å². The van der Waals surface area contributed by atoms with Crippen molar-refractivity contribution in [1.82, 2.24) is 0 Å². The van der Waals surface area contributed by atoms with Crippen LogP contribution in [0.4, 0.5) is 81.1 Å². The first-order valence-electron chi connectivity index (χ1n) is 17.7. The van der Waals surface area contributed by atoms with Gasteiger partial charge in [-0.3, -0.25) is 39.4 Å². The molecule has 0 aliphatic rings. The molecule has 66 heavy (non-hydrogen) atoms. The van der Waals surface area contributed by atoms with Crippen LogP contribution >= 0.6 is 22.6 Å². The number of halogens is 13. The van der Waals surface area contributed by atoms with Crippen molar-refractivity contribution in [1.29, 1.82) is 0 Å². The first-order valence-corrected chi connectivity index (χ1v) is 18.8. The standard InChI is InChI=1S/C40H22F12IN5O8/c1-54(33(59)19-9-13-22(14-10-19)57(63)64)28-7-3-5-24(30(28)41)35(61)56(32-26(38(44,45)46)17-21(18-27(32)53)37(43,39(47,48)49)40(50,51)52)36(62)25-6-4-8-29(31(25)42)55(2)34(60)20-11-15-23(16-12-20)58(65)66/h3-18H,1-2H3. The molecular formula is C40H22F12IN5O8. The van der Waals surface area contributed by atoms with Crippen LogP contribution in [0.25, 0.3) is 0 Å². The zero-order valence-corrected chi connectivity index (χ0v) is 34.8. The number of hydrogen-bond donors (Lipinski definition) is 0. The highest BCUT2D eigenvalue weighted by Crippen LogP contribution is 2.55. The molecule has 5 aromatic carbocycles. The number of nitro groups is 2. The van der Waals surface area contributed by atoms with E-state index in [2.05, 4.69) is 0 Å². The number of imide groups is 1. The summed E-state index contributed by atoms with van der Waals surface area (Å²) in [5, 5.41) is 22.1. The van der Waals surface area contributed by atoms with Crippen LogP contribution in [0.5, 0.6) is 0 Å². The molecule has 0 saturated carbocycles. The molecule has 0 aromatic heterocycles. The third-order valence-corrected chi connectivity index (χ3v) is 10.4. The minimum atomic E-state index is -6.98. The molecule has 0 saturated heterocycles. The molecule has 26 heteroatoms. The number of benzene rings is 5. The SMILES string of the molecule is CN(C(=O)c1ccc([N+](=O)[O-])cc1)c1cccc(C(=O)N(C(=O)c2cccc(N(C)C(=O)c3ccc([N+](=O)[O-])cc3)c2F)c2c(I)cc(C(F)(C(F)(F)F)C(F)(F)F)cc2C(F)(F)F)c1F. The van der Waals surface area contributed by atoms with Crippen molar-refractivity contribution >= 4 is 74.7 Å². The molecule has 0 atom stereocenters. The molecule has 13 nitrogen and oxygen atoms in total. The van der Waals surface area contributed by atoms with Gasteiger partial charge in [0.1, 0.15) is 0 Å². The van der Waals surface area contributed by atoms with E-state index in [1.165, 1.54) is 0 Å². The van der Waals surface area contributed by atoms with Gasteiger partial charge in [-0.1, -0.05) is 12.1 Å². The predicted molar refractivity (Wildman–Crippen MR) is 215 cm³/mol. The van der Waals surface area contributed by atoms with Crippen molar-refractivity contribution in [3.8, 4) is 0 Å². The second kappa shape index (κ2) is 18.0. The average molecular weight is 1060 g/mol. The maximum atomic E-state index is 16.5. The maximum Gasteiger partial charge on any atom is 0.435 e. The second-order valence-electron chi connectivity index (χ2n) is 13.6. The molecular weight excluding hydrogens is 1030 g/mol. The minimum Gasteiger partial charge on any atom is -0.309 e. The number of nitrogens with zero attached hydrogens (tertiary/aromatic N) is 5. The van der Waals surface area contributed by atoms with Crippen molar-refractivity contribution < 1.29 is 81.7 Å². The number of non-ortho nitro benzene ring substituents is 2. The molecule has 0 N–H and O–H groups in total. The molecule has 0 unspecified atom stereocenters. The van der Waals surface area contributed by atoms with Gasteiger partial charge in [0.05, 0.1) is 43.6 Å². The van der Waals surface area contributed by atoms with Crippen LogP contribution in [-0.2, 0) is 11.8 Å². The van der Waals surface area contributed by atoms with E-state index in [1.807, 2.05) is 0 Å². The van der Waals surface area contributed by atoms with Crippen LogP contribution in [0.1, 0.15) is 52.6 Å². The Balaban J connectivity index is 1.75. The van der Waals surface area contributed by atoms with Crippen molar-refractivity contribution in [2.45, 2.75) is 24.2 Å². The largest absolute Gasteiger partial charge is 0.435 e. The quantitative estimate of drug-likeness (QED) is 0.0438. The Morgan fingerprint density at radius 2 is 0.924 bits per heavy atom. The zero-order chi connectivity index (χ0) is 49.6. The number of nitro benzene ring substituents is 2. The van der Waals surface area contributed by atoms with Crippen LogP contribution in [0.2, 0.25) is 0 Å². The normalized spacial score (nSPS) is 12.0. The number of hydrogen-bond acceptors (Lipinski definition) is 8. The van der Waals surface area contributed by atoms with Crippen molar-refractivity contribution in [3.63, 3.8) is 0 Å². The molecule has 0 heterocycles. The van der Waals surface area contributed by atoms with E-state index < -0.39 is 141 Å². The summed E-state index contributed by atoms with van der Waals surface area (Å²) in [6.45, 7) is 0. The van der Waals surface area contributed by atoms with Gasteiger partial charge < -0.3 is 9.80 Å². The van der Waals surface area contributed by atoms with Crippen LogP contribution < -0.4 is 14.7 Å². The van der Waals surface area contributed by atoms with Gasteiger partial charge >= 0.3 is 24.2 Å². The molecule has 0 bridgehead atoms. The summed E-state index contributed by atoms with van der Waals surface area (Å²) in [4.78, 5) is 76.4. The summed E-state index contributed by atoms with van der Waals surface area (Å²) < 4.78 is 175. The number of rotatable bonds is 10. The summed E-state index contributed by atoms with van der Waals surface area (Å²) in [5.74, 6) is -10.4. The number of carbonyl (C=O) groups excluding carboxylic acids is 4. The lowest BCUT2D eigenvalue weighted by Gasteiger charge is -2.32. The molecule has 5 aromatic rings. The van der Waals surface area contributed by atoms with Crippen LogP contribution in [-0.4, -0.2) is 59.9 Å². The van der Waals surface area contributed by atoms with E-state index in [4.69, 9.17) is 0 Å². The maximum absolute atomic E-state index is 16.5. The summed E-state index contributed by atoms with van der Waals surface area (Å²) in [6.07, 6.45) is -20.2. The molecule has 4 amide bonds. The molecule has 0 spiro atoms. The van der Waals surface area contributed by atoms with Gasteiger partial charge in [-0.25, -0.2) is 18.1 Å². The molecule has 0 fully saturated rings. The van der Waals surface area contributed by atoms with Gasteiger partial charge in [-0.15, -0.1) is 0 Å². The van der Waals surface area contributed by atoms with Crippen molar-refractivity contribution in [3.05, 3.63) is 166 Å². The Morgan fingerprint density at radius 1 is 0.561 bits per heavy atom. The van der Waals surface area contributed by atoms with E-state index >= 15 is 13.2 Å². The fraction of sp³-hybridized carbons (Fsp3) is 0.150. The average Bonchev–Trinajstić information content (AvgIpc) is 3.24. The molecule has 0 aliphatic heterocycles. The Bertz CT molecular complexity index is 2650. The van der Waals surface area contributed by atoms with E-state index in [0.29, 0.717) is 44.5 Å². The fourth-order valence-corrected chi connectivity index (χ4v) is 7.08. The van der Waals surface area contributed by atoms with Crippen LogP contribution in [0.15, 0.2) is 97.1 Å². The zero-order valence-electron chi connectivity index (χ0n) is 32.7. The van der Waals surface area contributed by atoms with E-state index in [1.54, 1.807) is 0 Å². The topological polar surface area (TPSA) is 164 Å². The highest BCUT2D eigenvalue weighted by molar-refractivity contribution is 14.1. The molecule has 346 valence electrons. The van der Waals surface area contributed by atoms with Gasteiger partial charge in [0.25, 0.3) is 35.0 Å². The first-order chi connectivity index (χ1) is 30.4. The monoisotopic (exact) mass is 1060 g/mol. The minimum absolute atomic E-state index is 0.325. The Kier molecular flexibility index (Phi) is 13.6. The summed E-state index contributed by atoms with van der Waals surface area (Å²) in [5.41, 5.74) is -20.2. The summed E-state index contributed by atoms with van der Waals surface area (Å²) in [6, 6.07) is 10.1. The van der Waals surface area contributed by atoms with E-state index in [9.17, 15) is 78.9 Å². The molecule has 0 aliphatic carbocycles. The fourth-order valence-electron chi connectivity index (χ4n) is 6.21. The summed E-state index contributed by atoms with van der Waals surface area (Å²) >= 11 is 0.638. The second-order valence-corrected chi connectivity index (χ2v) is 14.7. The van der Waals surface area contributed by atoms with Gasteiger partial charge in [0.2, 0.25) is 0 Å². The lowest BCUT2D eigenvalue weighted by atomic mass is 9.91. The van der Waals surface area contributed by atoms with Gasteiger partial charge in [-0.2, -0.15) is 39.5 Å². The van der Waals surface area contributed by atoms with E-state index in [0.717, 1.165) is 86.9 Å². The highest BCUT2D eigenvalue weighted by Gasteiger charge is 2.74. The van der Waals surface area contributed by atoms with Gasteiger partial charge in [-0.05, 0) is 83.3 Å². The van der Waals surface area contributed by atoms with Crippen LogP contribution in [0, 0.1) is 35.4 Å². The third-order valence-electron chi connectivity index (χ3n) is 9.58. The number of amides is 4. The number of carbonyl (C=O) groups is 4. The number of anilines is 3. The van der Waals surface area contributed by atoms with Gasteiger partial charge in [0.15, 0.2) is 11.6 Å². The van der Waals surface area contributed by atoms with Crippen LogP contribution in [0.3, 0.4) is 0 Å². The third kappa shape index (κ3) is 9.20. The lowest BCUT2D eigenvalue weighted by molar-refractivity contribution is -0.385. The Morgan fingerprint density at radius 3 is 1.24 bits per heavy atom. The molecule has 0 radical (unpaired) electrons. The predicted octanol–water partition coefficient (Wildman–Crippen LogP) is 10.7. The smallest absolute Gasteiger partial charge is 0.309 e. The van der Waals surface area contributed by atoms with Crippen molar-refractivity contribution in [2.24, 2.45) is 0 Å². The number of alkyl halides is 10. The highest BCUT2D eigenvalue weighted by atomic mass is 127. The first kappa shape index (κ1) is 49.9. The Labute approximate surface area is 374 Å². The summed E-state index contributed by atoms with van der Waals surface area (Å²) in [7, 11) is 1.78.